The van der Waals surface area contributed by atoms with E-state index in [2.05, 4.69) is 0 Å². The summed E-state index contributed by atoms with van der Waals surface area (Å²) in [6, 6.07) is -0.282. The van der Waals surface area contributed by atoms with E-state index in [1.54, 1.807) is 11.8 Å². The number of hydrogen-bond acceptors (Lipinski definition) is 5. The second-order valence-electron chi connectivity index (χ2n) is 7.37. The molecule has 0 aliphatic carbocycles. The maximum atomic E-state index is 12.7. The summed E-state index contributed by atoms with van der Waals surface area (Å²) < 4.78 is 16.4. The normalized spacial score (nSPS) is 21.8. The molecule has 2 atom stereocenters. The van der Waals surface area contributed by atoms with E-state index in [-0.39, 0.29) is 24.3 Å². The molecule has 0 spiro atoms. The van der Waals surface area contributed by atoms with Crippen molar-refractivity contribution >= 4 is 12.1 Å². The maximum absolute atomic E-state index is 12.7. The highest BCUT2D eigenvalue weighted by molar-refractivity contribution is 5.72. The summed E-state index contributed by atoms with van der Waals surface area (Å²) in [6.07, 6.45) is 3.56. The van der Waals surface area contributed by atoms with E-state index in [0.29, 0.717) is 13.2 Å². The second-order valence-corrected chi connectivity index (χ2v) is 7.37. The molecule has 0 bridgehead atoms. The number of esters is 1. The standard InChI is InChI=1S/C18H31NO5/c1-8-10-13(11-15(20)22-9-2)14-12-23-18(6,7)19(14)16(21)24-17(3,4)5/h8,10,13-14H,9,11-12H2,1-7H3/t13-,14-/m1/s1. The molecule has 0 radical (unpaired) electrons. The van der Waals surface area contributed by atoms with Gasteiger partial charge in [0.15, 0.2) is 0 Å². The number of ether oxygens (including phenoxy) is 3. The summed E-state index contributed by atoms with van der Waals surface area (Å²) >= 11 is 0. The molecule has 0 aromatic carbocycles. The van der Waals surface area contributed by atoms with Crippen LogP contribution in [-0.2, 0) is 19.0 Å². The Balaban J connectivity index is 3.03. The molecule has 1 rings (SSSR count). The van der Waals surface area contributed by atoms with Gasteiger partial charge in [0.05, 0.1) is 25.7 Å². The minimum Gasteiger partial charge on any atom is -0.466 e. The molecular formula is C18H31NO5. The summed E-state index contributed by atoms with van der Waals surface area (Å²) in [4.78, 5) is 26.2. The fourth-order valence-electron chi connectivity index (χ4n) is 2.81. The SMILES string of the molecule is CC=C[C@H](CC(=O)OCC)[C@H]1COC(C)(C)N1C(=O)OC(C)(C)C. The molecule has 0 aromatic heterocycles. The third-order valence-corrected chi connectivity index (χ3v) is 3.75. The Bertz CT molecular complexity index is 478. The van der Waals surface area contributed by atoms with E-state index in [0.717, 1.165) is 0 Å². The third kappa shape index (κ3) is 5.51. The highest BCUT2D eigenvalue weighted by Gasteiger charge is 2.48. The Labute approximate surface area is 145 Å². The smallest absolute Gasteiger partial charge is 0.412 e. The van der Waals surface area contributed by atoms with Crippen molar-refractivity contribution in [3.63, 3.8) is 0 Å². The first-order valence-corrected chi connectivity index (χ1v) is 8.46. The Hall–Kier alpha value is -1.56. The van der Waals surface area contributed by atoms with Crippen LogP contribution in [0.4, 0.5) is 4.79 Å². The van der Waals surface area contributed by atoms with Crippen molar-refractivity contribution in [2.75, 3.05) is 13.2 Å². The first-order chi connectivity index (χ1) is 11.0. The van der Waals surface area contributed by atoms with Gasteiger partial charge in [0.2, 0.25) is 0 Å². The van der Waals surface area contributed by atoms with Gasteiger partial charge in [-0.25, -0.2) is 4.79 Å². The van der Waals surface area contributed by atoms with Crippen LogP contribution in [0.15, 0.2) is 12.2 Å². The minimum atomic E-state index is -0.790. The molecule has 1 saturated heterocycles. The Morgan fingerprint density at radius 3 is 2.50 bits per heavy atom. The monoisotopic (exact) mass is 341 g/mol. The van der Waals surface area contributed by atoms with E-state index in [1.165, 1.54) is 0 Å². The van der Waals surface area contributed by atoms with E-state index < -0.39 is 17.4 Å². The van der Waals surface area contributed by atoms with Crippen molar-refractivity contribution in [2.24, 2.45) is 5.92 Å². The van der Waals surface area contributed by atoms with Crippen LogP contribution in [0.3, 0.4) is 0 Å². The van der Waals surface area contributed by atoms with Gasteiger partial charge in [0, 0.05) is 5.92 Å². The highest BCUT2D eigenvalue weighted by atomic mass is 16.6. The lowest BCUT2D eigenvalue weighted by Crippen LogP contribution is -2.52. The van der Waals surface area contributed by atoms with E-state index in [9.17, 15) is 9.59 Å². The number of allylic oxidation sites excluding steroid dienone is 1. The zero-order chi connectivity index (χ0) is 18.5. The molecular weight excluding hydrogens is 310 g/mol. The average molecular weight is 341 g/mol. The van der Waals surface area contributed by atoms with Crippen molar-refractivity contribution in [3.8, 4) is 0 Å². The Kier molecular flexibility index (Phi) is 6.84. The quantitative estimate of drug-likeness (QED) is 0.565. The molecule has 138 valence electrons. The van der Waals surface area contributed by atoms with E-state index in [4.69, 9.17) is 14.2 Å². The number of nitrogens with zero attached hydrogens (tertiary/aromatic N) is 1. The van der Waals surface area contributed by atoms with Gasteiger partial charge in [-0.3, -0.25) is 9.69 Å². The number of rotatable bonds is 5. The van der Waals surface area contributed by atoms with Crippen LogP contribution in [0.2, 0.25) is 0 Å². The van der Waals surface area contributed by atoms with Crippen LogP contribution in [0.1, 0.15) is 54.9 Å². The largest absolute Gasteiger partial charge is 0.466 e. The summed E-state index contributed by atoms with van der Waals surface area (Å²) in [7, 11) is 0. The van der Waals surface area contributed by atoms with Gasteiger partial charge in [-0.05, 0) is 48.5 Å². The predicted molar refractivity (Wildman–Crippen MR) is 91.4 cm³/mol. The molecule has 6 nitrogen and oxygen atoms in total. The lowest BCUT2D eigenvalue weighted by molar-refractivity contribution is -0.144. The first kappa shape index (κ1) is 20.5. The lowest BCUT2D eigenvalue weighted by Gasteiger charge is -2.37. The Morgan fingerprint density at radius 2 is 2.00 bits per heavy atom. The van der Waals surface area contributed by atoms with Gasteiger partial charge >= 0.3 is 12.1 Å². The number of hydrogen-bond donors (Lipinski definition) is 0. The highest BCUT2D eigenvalue weighted by Crippen LogP contribution is 2.34. The van der Waals surface area contributed by atoms with Crippen LogP contribution in [0.25, 0.3) is 0 Å². The van der Waals surface area contributed by atoms with Gasteiger partial charge in [-0.15, -0.1) is 0 Å². The number of amides is 1. The fraction of sp³-hybridized carbons (Fsp3) is 0.778. The van der Waals surface area contributed by atoms with E-state index >= 15 is 0 Å². The topological polar surface area (TPSA) is 65.1 Å². The lowest BCUT2D eigenvalue weighted by atomic mass is 9.94. The maximum Gasteiger partial charge on any atom is 0.412 e. The van der Waals surface area contributed by atoms with Gasteiger partial charge in [0.25, 0.3) is 0 Å². The second kappa shape index (κ2) is 8.01. The zero-order valence-corrected chi connectivity index (χ0v) is 15.9. The van der Waals surface area contributed by atoms with Crippen LogP contribution in [0, 0.1) is 5.92 Å². The van der Waals surface area contributed by atoms with Crippen molar-refractivity contribution in [2.45, 2.75) is 72.3 Å². The molecule has 0 aromatic rings. The third-order valence-electron chi connectivity index (χ3n) is 3.75. The van der Waals surface area contributed by atoms with Crippen LogP contribution in [0.5, 0.6) is 0 Å². The predicted octanol–water partition coefficient (Wildman–Crippen LogP) is 3.50. The summed E-state index contributed by atoms with van der Waals surface area (Å²) in [5.74, 6) is -0.474. The molecule has 6 heteroatoms. The van der Waals surface area contributed by atoms with Gasteiger partial charge < -0.3 is 14.2 Å². The number of carbonyl (C=O) groups is 2. The molecule has 24 heavy (non-hydrogen) atoms. The van der Waals surface area contributed by atoms with Crippen molar-refractivity contribution in [1.82, 2.24) is 4.90 Å². The number of carbonyl (C=O) groups excluding carboxylic acids is 2. The minimum absolute atomic E-state index is 0.191. The van der Waals surface area contributed by atoms with Crippen LogP contribution < -0.4 is 0 Å². The van der Waals surface area contributed by atoms with Gasteiger partial charge in [0.1, 0.15) is 11.3 Å². The average Bonchev–Trinajstić information content (AvgIpc) is 2.72. The summed E-state index contributed by atoms with van der Waals surface area (Å²) in [6.45, 7) is 13.5. The first-order valence-electron chi connectivity index (χ1n) is 8.46. The molecule has 0 N–H and O–H groups in total. The summed E-state index contributed by atoms with van der Waals surface area (Å²) in [5.41, 5.74) is -1.39. The van der Waals surface area contributed by atoms with Crippen molar-refractivity contribution in [3.05, 3.63) is 12.2 Å². The van der Waals surface area contributed by atoms with E-state index in [1.807, 2.05) is 53.7 Å². The van der Waals surface area contributed by atoms with Gasteiger partial charge in [-0.2, -0.15) is 0 Å². The molecule has 1 aliphatic heterocycles. The van der Waals surface area contributed by atoms with Crippen molar-refractivity contribution < 1.29 is 23.8 Å². The van der Waals surface area contributed by atoms with Crippen LogP contribution in [-0.4, -0.2) is 47.5 Å². The fourth-order valence-corrected chi connectivity index (χ4v) is 2.81. The Morgan fingerprint density at radius 1 is 1.38 bits per heavy atom. The zero-order valence-electron chi connectivity index (χ0n) is 15.9. The molecule has 0 unspecified atom stereocenters. The molecule has 1 fully saturated rings. The van der Waals surface area contributed by atoms with Crippen molar-refractivity contribution in [1.29, 1.82) is 0 Å². The molecule has 1 amide bonds. The summed E-state index contributed by atoms with van der Waals surface area (Å²) in [5, 5.41) is 0. The van der Waals surface area contributed by atoms with Crippen LogP contribution >= 0.6 is 0 Å². The van der Waals surface area contributed by atoms with Gasteiger partial charge in [-0.1, -0.05) is 12.2 Å². The molecule has 1 heterocycles. The molecule has 0 saturated carbocycles. The molecule has 1 aliphatic rings.